The molecular formula is C13H15NO2. The van der Waals surface area contributed by atoms with Crippen LogP contribution in [0.3, 0.4) is 0 Å². The highest BCUT2D eigenvalue weighted by atomic mass is 16.5. The molecule has 1 rings (SSSR count). The fraction of sp³-hybridized carbons (Fsp3) is 0.154. The van der Waals surface area contributed by atoms with Gasteiger partial charge in [-0.2, -0.15) is 0 Å². The minimum atomic E-state index is -0.455. The average molecular weight is 217 g/mol. The second kappa shape index (κ2) is 7.29. The third kappa shape index (κ3) is 5.00. The summed E-state index contributed by atoms with van der Waals surface area (Å²) in [7, 11) is 1.33. The van der Waals surface area contributed by atoms with Crippen LogP contribution < -0.4 is 5.32 Å². The van der Waals surface area contributed by atoms with Crippen LogP contribution in [0.1, 0.15) is 12.0 Å². The Hall–Kier alpha value is -2.03. The number of alkyl carbamates (subject to hydrolysis) is 1. The van der Waals surface area contributed by atoms with Gasteiger partial charge in [-0.05, 0) is 12.0 Å². The molecule has 0 aromatic heterocycles. The van der Waals surface area contributed by atoms with E-state index in [1.807, 2.05) is 48.6 Å². The molecule has 1 aromatic carbocycles. The normalized spacial score (nSPS) is 10.8. The molecule has 0 saturated heterocycles. The number of methoxy groups -OCH3 is 1. The lowest BCUT2D eigenvalue weighted by Gasteiger charge is -1.94. The molecule has 3 nitrogen and oxygen atoms in total. The topological polar surface area (TPSA) is 38.3 Å². The van der Waals surface area contributed by atoms with Crippen LogP contribution in [0.4, 0.5) is 4.79 Å². The predicted molar refractivity (Wildman–Crippen MR) is 64.8 cm³/mol. The van der Waals surface area contributed by atoms with Crippen LogP contribution in [-0.2, 0) is 4.74 Å². The molecule has 0 saturated carbocycles. The lowest BCUT2D eigenvalue weighted by Crippen LogP contribution is -2.15. The number of carbonyl (C=O) groups is 1. The third-order valence-electron chi connectivity index (χ3n) is 1.89. The second-order valence-electron chi connectivity index (χ2n) is 3.09. The third-order valence-corrected chi connectivity index (χ3v) is 1.89. The molecule has 0 fully saturated rings. The molecule has 0 spiro atoms. The van der Waals surface area contributed by atoms with Gasteiger partial charge in [-0.1, -0.05) is 48.6 Å². The molecule has 3 heteroatoms. The summed E-state index contributed by atoms with van der Waals surface area (Å²) in [6, 6.07) is 10.0. The Kier molecular flexibility index (Phi) is 5.48. The number of hydrogen-bond donors (Lipinski definition) is 1. The summed E-state index contributed by atoms with van der Waals surface area (Å²) in [5.41, 5.74) is 1.16. The van der Waals surface area contributed by atoms with Crippen molar-refractivity contribution < 1.29 is 9.53 Å². The zero-order valence-electron chi connectivity index (χ0n) is 9.22. The number of benzene rings is 1. The SMILES string of the molecule is COC(=O)N/C=C\C/C=C/c1ccccc1. The van der Waals surface area contributed by atoms with Gasteiger partial charge in [-0.15, -0.1) is 0 Å². The van der Waals surface area contributed by atoms with E-state index >= 15 is 0 Å². The van der Waals surface area contributed by atoms with Gasteiger partial charge in [0.15, 0.2) is 0 Å². The highest BCUT2D eigenvalue weighted by Crippen LogP contribution is 2.01. The highest BCUT2D eigenvalue weighted by Gasteiger charge is 1.89. The summed E-state index contributed by atoms with van der Waals surface area (Å²) in [6.45, 7) is 0. The molecule has 0 unspecified atom stereocenters. The van der Waals surface area contributed by atoms with Crippen molar-refractivity contribution in [3.8, 4) is 0 Å². The van der Waals surface area contributed by atoms with Gasteiger partial charge in [0.05, 0.1) is 7.11 Å². The van der Waals surface area contributed by atoms with Gasteiger partial charge in [0, 0.05) is 6.20 Å². The molecule has 0 aliphatic carbocycles. The van der Waals surface area contributed by atoms with E-state index in [0.29, 0.717) is 0 Å². The summed E-state index contributed by atoms with van der Waals surface area (Å²) in [5, 5.41) is 2.46. The van der Waals surface area contributed by atoms with Crippen LogP contribution in [0.15, 0.2) is 48.7 Å². The molecule has 0 bridgehead atoms. The average Bonchev–Trinajstić information content (AvgIpc) is 2.34. The first-order valence-electron chi connectivity index (χ1n) is 5.04. The van der Waals surface area contributed by atoms with Gasteiger partial charge in [0.25, 0.3) is 0 Å². The quantitative estimate of drug-likeness (QED) is 0.842. The number of rotatable bonds is 4. The molecule has 0 radical (unpaired) electrons. The summed E-state index contributed by atoms with van der Waals surface area (Å²) < 4.78 is 4.41. The molecule has 0 heterocycles. The van der Waals surface area contributed by atoms with E-state index in [-0.39, 0.29) is 0 Å². The molecule has 1 aromatic rings. The van der Waals surface area contributed by atoms with Crippen molar-refractivity contribution in [3.05, 3.63) is 54.2 Å². The van der Waals surface area contributed by atoms with Crippen molar-refractivity contribution in [1.82, 2.24) is 5.32 Å². The first-order valence-corrected chi connectivity index (χ1v) is 5.04. The zero-order chi connectivity index (χ0) is 11.6. The van der Waals surface area contributed by atoms with Crippen LogP contribution in [0.5, 0.6) is 0 Å². The standard InChI is InChI=1S/C13H15NO2/c1-16-13(15)14-11-7-3-6-10-12-8-4-2-5-9-12/h2,4-11H,3H2,1H3,(H,14,15)/b10-6+,11-7-. The van der Waals surface area contributed by atoms with Crippen LogP contribution in [0, 0.1) is 0 Å². The smallest absolute Gasteiger partial charge is 0.410 e. The van der Waals surface area contributed by atoms with Crippen molar-refractivity contribution >= 4 is 12.2 Å². The van der Waals surface area contributed by atoms with Gasteiger partial charge >= 0.3 is 6.09 Å². The van der Waals surface area contributed by atoms with E-state index in [9.17, 15) is 4.79 Å². The maximum atomic E-state index is 10.7. The molecule has 16 heavy (non-hydrogen) atoms. The van der Waals surface area contributed by atoms with Gasteiger partial charge in [0.1, 0.15) is 0 Å². The minimum absolute atomic E-state index is 0.455. The van der Waals surface area contributed by atoms with Gasteiger partial charge in [0.2, 0.25) is 0 Å². The van der Waals surface area contributed by atoms with E-state index < -0.39 is 6.09 Å². The maximum absolute atomic E-state index is 10.7. The fourth-order valence-corrected chi connectivity index (χ4v) is 1.10. The molecular weight excluding hydrogens is 202 g/mol. The summed E-state index contributed by atoms with van der Waals surface area (Å²) in [5.74, 6) is 0. The Morgan fingerprint density at radius 2 is 2.06 bits per heavy atom. The van der Waals surface area contributed by atoms with E-state index in [1.54, 1.807) is 6.20 Å². The van der Waals surface area contributed by atoms with E-state index in [4.69, 9.17) is 0 Å². The zero-order valence-corrected chi connectivity index (χ0v) is 9.22. The number of carbonyl (C=O) groups excluding carboxylic acids is 1. The van der Waals surface area contributed by atoms with Crippen molar-refractivity contribution in [2.24, 2.45) is 0 Å². The Balaban J connectivity index is 2.25. The number of amides is 1. The predicted octanol–water partition coefficient (Wildman–Crippen LogP) is 2.96. The molecule has 84 valence electrons. The van der Waals surface area contributed by atoms with E-state index in [1.165, 1.54) is 7.11 Å². The first-order chi connectivity index (χ1) is 7.83. The minimum Gasteiger partial charge on any atom is -0.453 e. The molecule has 0 aliphatic heterocycles. The summed E-state index contributed by atoms with van der Waals surface area (Å²) in [4.78, 5) is 10.7. The van der Waals surface area contributed by atoms with Crippen LogP contribution in [0.2, 0.25) is 0 Å². The largest absolute Gasteiger partial charge is 0.453 e. The lowest BCUT2D eigenvalue weighted by atomic mass is 10.2. The van der Waals surface area contributed by atoms with Gasteiger partial charge in [-0.25, -0.2) is 4.79 Å². The maximum Gasteiger partial charge on any atom is 0.410 e. The molecule has 0 aliphatic rings. The Morgan fingerprint density at radius 1 is 1.31 bits per heavy atom. The van der Waals surface area contributed by atoms with Crippen molar-refractivity contribution in [2.75, 3.05) is 7.11 Å². The number of ether oxygens (including phenoxy) is 1. The highest BCUT2D eigenvalue weighted by molar-refractivity contribution is 5.68. The molecule has 1 amide bonds. The summed E-state index contributed by atoms with van der Waals surface area (Å²) >= 11 is 0. The summed E-state index contributed by atoms with van der Waals surface area (Å²) in [6.07, 6.45) is 7.77. The number of allylic oxidation sites excluding steroid dienone is 2. The number of hydrogen-bond acceptors (Lipinski definition) is 2. The van der Waals surface area contributed by atoms with Crippen molar-refractivity contribution in [2.45, 2.75) is 6.42 Å². The lowest BCUT2D eigenvalue weighted by molar-refractivity contribution is 0.175. The first kappa shape index (κ1) is 12.0. The van der Waals surface area contributed by atoms with Crippen LogP contribution >= 0.6 is 0 Å². The fourth-order valence-electron chi connectivity index (χ4n) is 1.10. The monoisotopic (exact) mass is 217 g/mol. The van der Waals surface area contributed by atoms with E-state index in [2.05, 4.69) is 10.1 Å². The Morgan fingerprint density at radius 3 is 2.75 bits per heavy atom. The Labute approximate surface area is 95.4 Å². The van der Waals surface area contributed by atoms with Gasteiger partial charge < -0.3 is 4.74 Å². The molecule has 1 N–H and O–H groups in total. The number of nitrogens with one attached hydrogen (secondary N) is 1. The van der Waals surface area contributed by atoms with Crippen LogP contribution in [0.25, 0.3) is 6.08 Å². The van der Waals surface area contributed by atoms with E-state index in [0.717, 1.165) is 12.0 Å². The Bertz CT molecular complexity index is 369. The van der Waals surface area contributed by atoms with Crippen molar-refractivity contribution in [3.63, 3.8) is 0 Å². The van der Waals surface area contributed by atoms with Crippen LogP contribution in [-0.4, -0.2) is 13.2 Å². The second-order valence-corrected chi connectivity index (χ2v) is 3.09. The molecule has 0 atom stereocenters. The van der Waals surface area contributed by atoms with Gasteiger partial charge in [-0.3, -0.25) is 5.32 Å². The van der Waals surface area contributed by atoms with Crippen molar-refractivity contribution in [1.29, 1.82) is 0 Å².